The van der Waals surface area contributed by atoms with Gasteiger partial charge in [-0.15, -0.1) is 10.2 Å². The third-order valence-corrected chi connectivity index (χ3v) is 5.63. The fraction of sp³-hybridized carbons (Fsp3) is 0.727. The van der Waals surface area contributed by atoms with Gasteiger partial charge in [-0.3, -0.25) is 4.79 Å². The molecule has 19 heavy (non-hydrogen) atoms. The van der Waals surface area contributed by atoms with Gasteiger partial charge < -0.3 is 10.1 Å². The molecule has 1 aromatic heterocycles. The summed E-state index contributed by atoms with van der Waals surface area (Å²) in [5, 5.41) is 11.3. The first kappa shape index (κ1) is 16.7. The normalized spacial score (nSPS) is 14.1. The van der Waals surface area contributed by atoms with Crippen LogP contribution in [0.15, 0.2) is 8.68 Å². The topological polar surface area (TPSA) is 64.1 Å². The summed E-state index contributed by atoms with van der Waals surface area (Å²) in [5.41, 5.74) is -0.635. The zero-order valence-electron chi connectivity index (χ0n) is 11.6. The molecule has 0 aromatic carbocycles. The van der Waals surface area contributed by atoms with Crippen LogP contribution in [-0.2, 0) is 9.53 Å². The highest BCUT2D eigenvalue weighted by atomic mass is 32.2. The Morgan fingerprint density at radius 3 is 2.68 bits per heavy atom. The summed E-state index contributed by atoms with van der Waals surface area (Å²) in [7, 11) is 1.42. The summed E-state index contributed by atoms with van der Waals surface area (Å²) in [6.45, 7) is 4.58. The molecule has 1 rings (SSSR count). The number of rotatable bonds is 8. The van der Waals surface area contributed by atoms with Crippen molar-refractivity contribution in [3.8, 4) is 0 Å². The Labute approximate surface area is 126 Å². The molecule has 0 aliphatic rings. The van der Waals surface area contributed by atoms with Crippen LogP contribution in [0.25, 0.3) is 0 Å². The molecule has 0 aliphatic heterocycles. The monoisotopic (exact) mass is 321 g/mol. The fourth-order valence-corrected chi connectivity index (χ4v) is 4.23. The summed E-state index contributed by atoms with van der Waals surface area (Å²) >= 11 is 4.79. The van der Waals surface area contributed by atoms with E-state index < -0.39 is 5.54 Å². The molecule has 0 amide bonds. The van der Waals surface area contributed by atoms with Crippen molar-refractivity contribution in [1.82, 2.24) is 15.5 Å². The maximum absolute atomic E-state index is 11.8. The van der Waals surface area contributed by atoms with Crippen LogP contribution in [0.5, 0.6) is 0 Å². The van der Waals surface area contributed by atoms with Crippen molar-refractivity contribution in [1.29, 1.82) is 0 Å². The van der Waals surface area contributed by atoms with Crippen LogP contribution in [-0.4, -0.2) is 47.4 Å². The third kappa shape index (κ3) is 4.94. The van der Waals surface area contributed by atoms with Gasteiger partial charge in [0.25, 0.3) is 0 Å². The van der Waals surface area contributed by atoms with Gasteiger partial charge in [0.15, 0.2) is 8.68 Å². The number of hydrogen-bond acceptors (Lipinski definition) is 8. The van der Waals surface area contributed by atoms with E-state index in [1.54, 1.807) is 34.9 Å². The maximum atomic E-state index is 11.8. The minimum atomic E-state index is -0.635. The smallest absolute Gasteiger partial charge is 0.325 e. The number of nitrogens with one attached hydrogen (secondary N) is 1. The molecule has 0 fully saturated rings. The highest BCUT2D eigenvalue weighted by Crippen LogP contribution is 2.29. The number of hydrogen-bond donors (Lipinski definition) is 1. The van der Waals surface area contributed by atoms with Gasteiger partial charge in [0.2, 0.25) is 0 Å². The van der Waals surface area contributed by atoms with E-state index in [4.69, 9.17) is 4.74 Å². The van der Waals surface area contributed by atoms with E-state index in [0.29, 0.717) is 6.42 Å². The lowest BCUT2D eigenvalue weighted by Crippen LogP contribution is -2.50. The molecule has 8 heteroatoms. The summed E-state index contributed by atoms with van der Waals surface area (Å²) in [5.74, 6) is 0.568. The lowest BCUT2D eigenvalue weighted by atomic mass is 9.99. The van der Waals surface area contributed by atoms with E-state index in [2.05, 4.69) is 15.5 Å². The van der Waals surface area contributed by atoms with E-state index in [-0.39, 0.29) is 5.97 Å². The fourth-order valence-electron chi connectivity index (χ4n) is 1.56. The molecule has 0 saturated carbocycles. The molecule has 0 bridgehead atoms. The number of carbonyl (C=O) groups is 1. The van der Waals surface area contributed by atoms with E-state index in [0.717, 1.165) is 21.0 Å². The van der Waals surface area contributed by atoms with Gasteiger partial charge in [-0.1, -0.05) is 41.8 Å². The van der Waals surface area contributed by atoms with Gasteiger partial charge >= 0.3 is 5.97 Å². The molecular formula is C11H19N3O2S3. The lowest BCUT2D eigenvalue weighted by Gasteiger charge is -2.27. The van der Waals surface area contributed by atoms with Gasteiger partial charge in [0.05, 0.1) is 7.11 Å². The average molecular weight is 321 g/mol. The first-order valence-electron chi connectivity index (χ1n) is 5.89. The number of esters is 1. The molecule has 0 radical (unpaired) electrons. The van der Waals surface area contributed by atoms with Crippen LogP contribution in [0.1, 0.15) is 20.3 Å². The number of aromatic nitrogens is 2. The summed E-state index contributed by atoms with van der Waals surface area (Å²) < 4.78 is 6.75. The summed E-state index contributed by atoms with van der Waals surface area (Å²) in [4.78, 5) is 11.8. The van der Waals surface area contributed by atoms with Crippen LogP contribution in [0, 0.1) is 0 Å². The number of likely N-dealkylation sites (N-methyl/N-ethyl adjacent to an activating group) is 1. The first-order valence-corrected chi connectivity index (χ1v) is 8.92. The molecule has 0 saturated heterocycles. The zero-order valence-corrected chi connectivity index (χ0v) is 14.0. The van der Waals surface area contributed by atoms with Crippen molar-refractivity contribution in [2.45, 2.75) is 34.5 Å². The highest BCUT2D eigenvalue weighted by Gasteiger charge is 2.32. The number of methoxy groups -OCH3 is 1. The van der Waals surface area contributed by atoms with Crippen molar-refractivity contribution in [2.75, 3.05) is 25.7 Å². The van der Waals surface area contributed by atoms with Crippen LogP contribution in [0.4, 0.5) is 0 Å². The Morgan fingerprint density at radius 2 is 2.16 bits per heavy atom. The van der Waals surface area contributed by atoms with Crippen LogP contribution in [0.3, 0.4) is 0 Å². The van der Waals surface area contributed by atoms with Crippen LogP contribution >= 0.6 is 34.9 Å². The molecule has 1 heterocycles. The third-order valence-electron chi connectivity index (χ3n) is 2.59. The largest absolute Gasteiger partial charge is 0.468 e. The number of thioether (sulfide) groups is 2. The van der Waals surface area contributed by atoms with Crippen molar-refractivity contribution >= 4 is 40.8 Å². The Balaban J connectivity index is 2.50. The molecule has 1 unspecified atom stereocenters. The number of carbonyl (C=O) groups excluding carboxylic acids is 1. The molecule has 1 aromatic rings. The second-order valence-electron chi connectivity index (χ2n) is 3.99. The maximum Gasteiger partial charge on any atom is 0.325 e. The van der Waals surface area contributed by atoms with Crippen LogP contribution < -0.4 is 5.32 Å². The van der Waals surface area contributed by atoms with Gasteiger partial charge in [-0.25, -0.2) is 0 Å². The summed E-state index contributed by atoms with van der Waals surface area (Å²) in [6, 6.07) is 0. The number of ether oxygens (including phenoxy) is 1. The van der Waals surface area contributed by atoms with Crippen molar-refractivity contribution in [3.05, 3.63) is 0 Å². The minimum Gasteiger partial charge on any atom is -0.468 e. The van der Waals surface area contributed by atoms with Crippen molar-refractivity contribution in [3.63, 3.8) is 0 Å². The Morgan fingerprint density at radius 1 is 1.47 bits per heavy atom. The molecule has 0 aliphatic carbocycles. The molecular weight excluding hydrogens is 302 g/mol. The molecule has 1 atom stereocenters. The predicted molar refractivity (Wildman–Crippen MR) is 81.1 cm³/mol. The molecule has 5 nitrogen and oxygen atoms in total. The number of nitrogens with zero attached hydrogens (tertiary/aromatic N) is 2. The minimum absolute atomic E-state index is 0.225. The highest BCUT2D eigenvalue weighted by molar-refractivity contribution is 8.02. The molecule has 0 spiro atoms. The van der Waals surface area contributed by atoms with E-state index in [9.17, 15) is 4.79 Å². The van der Waals surface area contributed by atoms with Gasteiger partial charge in [-0.2, -0.15) is 0 Å². The predicted octanol–water partition coefficient (Wildman–Crippen LogP) is 2.28. The average Bonchev–Trinajstić information content (AvgIpc) is 2.86. The Kier molecular flexibility index (Phi) is 7.12. The van der Waals surface area contributed by atoms with Crippen LogP contribution in [0.2, 0.25) is 0 Å². The SMILES string of the molecule is CCNC(C)(CCSc1nnc(SC)s1)C(=O)OC. The van der Waals surface area contributed by atoms with Crippen molar-refractivity contribution < 1.29 is 9.53 Å². The Bertz CT molecular complexity index is 414. The lowest BCUT2D eigenvalue weighted by molar-refractivity contribution is -0.147. The molecule has 1 N–H and O–H groups in total. The quantitative estimate of drug-likeness (QED) is 0.582. The van der Waals surface area contributed by atoms with E-state index >= 15 is 0 Å². The van der Waals surface area contributed by atoms with Gasteiger partial charge in [0.1, 0.15) is 5.54 Å². The standard InChI is InChI=1S/C11H19N3O2S3/c1-5-12-11(2,8(15)16-3)6-7-18-10-14-13-9(17-4)19-10/h12H,5-7H2,1-4H3. The van der Waals surface area contributed by atoms with Gasteiger partial charge in [-0.05, 0) is 26.1 Å². The van der Waals surface area contributed by atoms with E-state index in [1.165, 1.54) is 7.11 Å². The second-order valence-corrected chi connectivity index (χ2v) is 7.36. The van der Waals surface area contributed by atoms with Crippen molar-refractivity contribution in [2.24, 2.45) is 0 Å². The van der Waals surface area contributed by atoms with E-state index in [1.807, 2.05) is 20.1 Å². The molecule has 108 valence electrons. The Hall–Kier alpha value is -0.310. The second kappa shape index (κ2) is 8.08. The zero-order chi connectivity index (χ0) is 14.3. The first-order chi connectivity index (χ1) is 9.05. The van der Waals surface area contributed by atoms with Gasteiger partial charge in [0, 0.05) is 5.75 Å². The summed E-state index contributed by atoms with van der Waals surface area (Å²) in [6.07, 6.45) is 2.67.